The van der Waals surface area contributed by atoms with Crippen LogP contribution in [0, 0.1) is 0 Å². The number of nitrogens with one attached hydrogen (secondary N) is 1. The van der Waals surface area contributed by atoms with E-state index >= 15 is 0 Å². The first kappa shape index (κ1) is 25.6. The number of piperidine rings is 1. The number of nitrogen functional groups attached to an aromatic ring is 1. The van der Waals surface area contributed by atoms with Gasteiger partial charge in [-0.2, -0.15) is 0 Å². The van der Waals surface area contributed by atoms with Gasteiger partial charge in [0.1, 0.15) is 11.5 Å². The summed E-state index contributed by atoms with van der Waals surface area (Å²) in [6, 6.07) is 9.97. The molecule has 10 nitrogen and oxygen atoms in total. The molecule has 1 aliphatic heterocycles. The zero-order valence-electron chi connectivity index (χ0n) is 21.0. The number of likely N-dealkylation sites (tertiary alicyclic amines) is 1. The highest BCUT2D eigenvalue weighted by Crippen LogP contribution is 2.33. The molecule has 192 valence electrons. The van der Waals surface area contributed by atoms with Crippen LogP contribution < -0.4 is 16.9 Å². The quantitative estimate of drug-likeness (QED) is 0.334. The topological polar surface area (TPSA) is 149 Å². The summed E-state index contributed by atoms with van der Waals surface area (Å²) in [5.74, 6) is 6.15. The third kappa shape index (κ3) is 5.23. The number of aromatic nitrogens is 3. The normalized spacial score (nSPS) is 15.4. The predicted molar refractivity (Wildman–Crippen MR) is 141 cm³/mol. The first-order valence-electron chi connectivity index (χ1n) is 12.2. The molecule has 0 bridgehead atoms. The third-order valence-electron chi connectivity index (χ3n) is 6.54. The van der Waals surface area contributed by atoms with Crippen LogP contribution in [0.4, 0.5) is 5.82 Å². The molecule has 0 spiro atoms. The van der Waals surface area contributed by atoms with Gasteiger partial charge >= 0.3 is 0 Å². The van der Waals surface area contributed by atoms with Crippen LogP contribution in [-0.4, -0.2) is 43.8 Å². The first-order valence-corrected chi connectivity index (χ1v) is 12.2. The molecule has 3 heterocycles. The number of amides is 3. The molecular weight excluding hydrogens is 470 g/mol. The van der Waals surface area contributed by atoms with E-state index in [0.29, 0.717) is 47.3 Å². The Hall–Kier alpha value is -4.47. The minimum atomic E-state index is -0.744. The summed E-state index contributed by atoms with van der Waals surface area (Å²) in [6.07, 6.45) is 5.32. The lowest BCUT2D eigenvalue weighted by atomic mass is 10.0. The summed E-state index contributed by atoms with van der Waals surface area (Å²) in [7, 11) is 0. The van der Waals surface area contributed by atoms with E-state index in [2.05, 4.69) is 35.7 Å². The molecular formula is C27H31N7O3. The van der Waals surface area contributed by atoms with Gasteiger partial charge in [0, 0.05) is 23.9 Å². The number of carbonyl (C=O) groups is 3. The van der Waals surface area contributed by atoms with Gasteiger partial charge in [-0.15, -0.1) is 0 Å². The van der Waals surface area contributed by atoms with Gasteiger partial charge in [-0.25, -0.2) is 14.6 Å². The monoisotopic (exact) mass is 501 g/mol. The largest absolute Gasteiger partial charge is 0.364 e. The molecule has 0 aliphatic carbocycles. The summed E-state index contributed by atoms with van der Waals surface area (Å²) >= 11 is 0. The molecule has 4 rings (SSSR count). The van der Waals surface area contributed by atoms with Crippen molar-refractivity contribution in [2.75, 3.05) is 17.7 Å². The van der Waals surface area contributed by atoms with Gasteiger partial charge in [0.2, 0.25) is 5.91 Å². The minimum Gasteiger partial charge on any atom is -0.364 e. The van der Waals surface area contributed by atoms with E-state index in [1.54, 1.807) is 35.4 Å². The average molecular weight is 502 g/mol. The Bertz CT molecular complexity index is 1340. The molecule has 1 aromatic carbocycles. The Morgan fingerprint density at radius 1 is 1.16 bits per heavy atom. The molecule has 1 saturated heterocycles. The molecule has 0 radical (unpaired) electrons. The fraction of sp³-hybridized carbons (Fsp3) is 0.296. The van der Waals surface area contributed by atoms with Crippen molar-refractivity contribution in [1.82, 2.24) is 19.5 Å². The molecule has 3 aromatic rings. The highest BCUT2D eigenvalue weighted by molar-refractivity contribution is 6.04. The molecule has 1 unspecified atom stereocenters. The van der Waals surface area contributed by atoms with Crippen LogP contribution in [-0.2, 0) is 4.79 Å². The number of anilines is 1. The van der Waals surface area contributed by atoms with Crippen LogP contribution in [0.2, 0.25) is 0 Å². The van der Waals surface area contributed by atoms with Crippen molar-refractivity contribution >= 4 is 23.5 Å². The first-order chi connectivity index (χ1) is 17.7. The van der Waals surface area contributed by atoms with Crippen LogP contribution in [0.25, 0.3) is 11.3 Å². The van der Waals surface area contributed by atoms with E-state index < -0.39 is 11.9 Å². The summed E-state index contributed by atoms with van der Waals surface area (Å²) in [6.45, 7) is 8.26. The highest BCUT2D eigenvalue weighted by Gasteiger charge is 2.33. The van der Waals surface area contributed by atoms with Crippen LogP contribution in [0.5, 0.6) is 0 Å². The number of imidazole rings is 1. The second-order valence-corrected chi connectivity index (χ2v) is 9.31. The lowest BCUT2D eigenvalue weighted by molar-refractivity contribution is -0.129. The number of nitrogens with zero attached hydrogens (tertiary/aromatic N) is 4. The molecule has 1 aliphatic rings. The van der Waals surface area contributed by atoms with Crippen molar-refractivity contribution in [2.45, 2.75) is 45.1 Å². The van der Waals surface area contributed by atoms with E-state index in [1.807, 2.05) is 12.1 Å². The summed E-state index contributed by atoms with van der Waals surface area (Å²) < 4.78 is 1.17. The maximum Gasteiger partial charge on any atom is 0.269 e. The molecule has 1 atom stereocenters. The number of rotatable bonds is 7. The Labute approximate surface area is 215 Å². The maximum absolute atomic E-state index is 12.8. The molecule has 1 fully saturated rings. The van der Waals surface area contributed by atoms with E-state index in [0.717, 1.165) is 18.4 Å². The minimum absolute atomic E-state index is 0.0264. The van der Waals surface area contributed by atoms with Gasteiger partial charge in [-0.1, -0.05) is 32.6 Å². The van der Waals surface area contributed by atoms with Crippen molar-refractivity contribution in [1.29, 1.82) is 0 Å². The predicted octanol–water partition coefficient (Wildman–Crippen LogP) is 3.37. The van der Waals surface area contributed by atoms with Gasteiger partial charge < -0.3 is 21.8 Å². The Morgan fingerprint density at radius 2 is 1.89 bits per heavy atom. The molecule has 2 aromatic heterocycles. The number of benzene rings is 1. The van der Waals surface area contributed by atoms with E-state index in [-0.39, 0.29) is 17.5 Å². The van der Waals surface area contributed by atoms with E-state index in [4.69, 9.17) is 11.6 Å². The average Bonchev–Trinajstić information content (AvgIpc) is 3.25. The van der Waals surface area contributed by atoms with Crippen molar-refractivity contribution in [3.05, 3.63) is 77.9 Å². The lowest BCUT2D eigenvalue weighted by Gasteiger charge is -2.34. The summed E-state index contributed by atoms with van der Waals surface area (Å²) in [5.41, 5.74) is 8.02. The second-order valence-electron chi connectivity index (χ2n) is 9.31. The summed E-state index contributed by atoms with van der Waals surface area (Å²) in [5, 5.41) is 2.81. The van der Waals surface area contributed by atoms with Crippen LogP contribution in [0.1, 0.15) is 77.3 Å². The maximum atomic E-state index is 12.8. The third-order valence-corrected chi connectivity index (χ3v) is 6.54. The SMILES string of the molecule is C=CC(=O)N1CCCCC1c1nc(-c2ccc(C(=O)Nc3cc(C(C)C)ccn3)cc2)c(C(N)=O)n1N. The lowest BCUT2D eigenvalue weighted by Crippen LogP contribution is -2.39. The molecule has 0 saturated carbocycles. The van der Waals surface area contributed by atoms with Crippen LogP contribution in [0.3, 0.4) is 0 Å². The van der Waals surface area contributed by atoms with Gasteiger partial charge in [-0.05, 0) is 61.1 Å². The Kier molecular flexibility index (Phi) is 7.37. The Balaban J connectivity index is 1.63. The number of primary amides is 1. The second kappa shape index (κ2) is 10.7. The van der Waals surface area contributed by atoms with Crippen molar-refractivity contribution in [3.63, 3.8) is 0 Å². The number of hydrogen-bond donors (Lipinski definition) is 3. The zero-order chi connectivity index (χ0) is 26.7. The smallest absolute Gasteiger partial charge is 0.269 e. The number of carbonyl (C=O) groups excluding carboxylic acids is 3. The number of hydrogen-bond acceptors (Lipinski definition) is 6. The van der Waals surface area contributed by atoms with Gasteiger partial charge in [0.15, 0.2) is 11.5 Å². The van der Waals surface area contributed by atoms with Gasteiger partial charge in [-0.3, -0.25) is 14.4 Å². The molecule has 3 amide bonds. The molecule has 37 heavy (non-hydrogen) atoms. The van der Waals surface area contributed by atoms with Crippen LogP contribution in [0.15, 0.2) is 55.3 Å². The zero-order valence-corrected chi connectivity index (χ0v) is 21.0. The van der Waals surface area contributed by atoms with Gasteiger partial charge in [0.05, 0.1) is 6.04 Å². The van der Waals surface area contributed by atoms with E-state index in [9.17, 15) is 14.4 Å². The van der Waals surface area contributed by atoms with Crippen molar-refractivity contribution < 1.29 is 14.4 Å². The fourth-order valence-corrected chi connectivity index (χ4v) is 4.55. The van der Waals surface area contributed by atoms with Crippen LogP contribution >= 0.6 is 0 Å². The Morgan fingerprint density at radius 3 is 2.54 bits per heavy atom. The van der Waals surface area contributed by atoms with Crippen molar-refractivity contribution in [3.8, 4) is 11.3 Å². The van der Waals surface area contributed by atoms with E-state index in [1.165, 1.54) is 10.8 Å². The number of nitrogens with two attached hydrogens (primary N) is 2. The standard InChI is InChI=1S/C27H31N7O3/c1-4-22(35)33-14-6-5-7-20(33)26-32-23(24(25(28)36)34(26)29)17-8-10-18(11-9-17)27(37)31-21-15-19(16(2)3)12-13-30-21/h4,8-13,15-16,20H,1,5-7,14,29H2,2-3H3,(H2,28,36)(H,30,31,37). The molecule has 10 heteroatoms. The fourth-order valence-electron chi connectivity index (χ4n) is 4.55. The highest BCUT2D eigenvalue weighted by atomic mass is 16.2. The van der Waals surface area contributed by atoms with Gasteiger partial charge in [0.25, 0.3) is 11.8 Å². The summed E-state index contributed by atoms with van der Waals surface area (Å²) in [4.78, 5) is 48.1. The number of pyridine rings is 1. The van der Waals surface area contributed by atoms with Crippen molar-refractivity contribution in [2.24, 2.45) is 5.73 Å². The molecule has 5 N–H and O–H groups in total.